The predicted molar refractivity (Wildman–Crippen MR) is 106 cm³/mol. The number of rotatable bonds is 7. The molecule has 1 N–H and O–H groups in total. The van der Waals surface area contributed by atoms with E-state index in [2.05, 4.69) is 5.32 Å². The minimum Gasteiger partial charge on any atom is -0.482 e. The summed E-state index contributed by atoms with van der Waals surface area (Å²) in [6.07, 6.45) is -0.111. The van der Waals surface area contributed by atoms with Gasteiger partial charge in [0, 0.05) is 5.69 Å². The fourth-order valence-electron chi connectivity index (χ4n) is 2.66. The predicted octanol–water partition coefficient (Wildman–Crippen LogP) is 4.12. The van der Waals surface area contributed by atoms with Gasteiger partial charge in [0.2, 0.25) is 0 Å². The monoisotopic (exact) mass is 369 g/mol. The molecule has 0 saturated heterocycles. The number of amides is 1. The van der Waals surface area contributed by atoms with Crippen LogP contribution in [0, 0.1) is 20.8 Å². The van der Waals surface area contributed by atoms with Crippen molar-refractivity contribution >= 4 is 17.6 Å². The number of anilines is 1. The maximum Gasteiger partial charge on any atom is 0.344 e. The summed E-state index contributed by atoms with van der Waals surface area (Å²) in [7, 11) is 0. The van der Waals surface area contributed by atoms with Crippen LogP contribution in [0.5, 0.6) is 5.75 Å². The molecule has 0 saturated carbocycles. The molecule has 0 fully saturated rings. The molecule has 0 spiro atoms. The highest BCUT2D eigenvalue weighted by atomic mass is 16.6. The third-order valence-electron chi connectivity index (χ3n) is 4.50. The first-order valence-electron chi connectivity index (χ1n) is 9.10. The van der Waals surface area contributed by atoms with Gasteiger partial charge in [0.25, 0.3) is 5.91 Å². The average Bonchev–Trinajstić information content (AvgIpc) is 2.64. The fraction of sp³-hybridized carbons (Fsp3) is 0.364. The molecule has 2 aromatic carbocycles. The Bertz CT molecular complexity index is 829. The van der Waals surface area contributed by atoms with E-state index >= 15 is 0 Å². The van der Waals surface area contributed by atoms with Gasteiger partial charge in [0.05, 0.1) is 0 Å². The Morgan fingerprint density at radius 2 is 1.78 bits per heavy atom. The van der Waals surface area contributed by atoms with Crippen molar-refractivity contribution in [2.24, 2.45) is 0 Å². The van der Waals surface area contributed by atoms with Crippen LogP contribution >= 0.6 is 0 Å². The van der Waals surface area contributed by atoms with Gasteiger partial charge in [-0.3, -0.25) is 4.79 Å². The van der Waals surface area contributed by atoms with Gasteiger partial charge in [0.15, 0.2) is 12.7 Å². The van der Waals surface area contributed by atoms with E-state index in [-0.39, 0.29) is 12.5 Å². The maximum atomic E-state index is 12.4. The van der Waals surface area contributed by atoms with Crippen LogP contribution in [0.1, 0.15) is 36.1 Å². The molecule has 0 bridgehead atoms. The summed E-state index contributed by atoms with van der Waals surface area (Å²) in [6, 6.07) is 11.5. The third kappa shape index (κ3) is 5.58. The van der Waals surface area contributed by atoms with Gasteiger partial charge in [-0.15, -0.1) is 0 Å². The molecule has 27 heavy (non-hydrogen) atoms. The van der Waals surface area contributed by atoms with Gasteiger partial charge in [-0.1, -0.05) is 31.2 Å². The number of benzene rings is 2. The normalized spacial score (nSPS) is 11.6. The largest absolute Gasteiger partial charge is 0.482 e. The first-order chi connectivity index (χ1) is 12.8. The van der Waals surface area contributed by atoms with Gasteiger partial charge < -0.3 is 14.8 Å². The number of carbonyl (C=O) groups excluding carboxylic acids is 2. The summed E-state index contributed by atoms with van der Waals surface area (Å²) >= 11 is 0. The highest BCUT2D eigenvalue weighted by molar-refractivity contribution is 5.96. The fourth-order valence-corrected chi connectivity index (χ4v) is 2.66. The lowest BCUT2D eigenvalue weighted by atomic mass is 10.1. The van der Waals surface area contributed by atoms with E-state index in [4.69, 9.17) is 9.47 Å². The highest BCUT2D eigenvalue weighted by Gasteiger charge is 2.20. The standard InChI is InChI=1S/C22H27NO4/c1-6-18-9-7-8-15(3)21(18)23-22(25)17(5)27-20(24)13-26-19-11-10-14(2)16(4)12-19/h7-12,17H,6,13H2,1-5H3,(H,23,25)/t17-/m1/s1. The van der Waals surface area contributed by atoms with Crippen molar-refractivity contribution in [3.8, 4) is 5.75 Å². The van der Waals surface area contributed by atoms with Crippen LogP contribution in [0.2, 0.25) is 0 Å². The second-order valence-electron chi connectivity index (χ2n) is 6.62. The minimum atomic E-state index is -0.912. The molecule has 1 amide bonds. The maximum absolute atomic E-state index is 12.4. The number of ether oxygens (including phenoxy) is 2. The summed E-state index contributed by atoms with van der Waals surface area (Å²) in [5.74, 6) is -0.352. The van der Waals surface area contributed by atoms with Crippen molar-refractivity contribution < 1.29 is 19.1 Å². The van der Waals surface area contributed by atoms with Crippen molar-refractivity contribution in [2.75, 3.05) is 11.9 Å². The lowest BCUT2D eigenvalue weighted by molar-refractivity contribution is -0.155. The molecule has 1 atom stereocenters. The molecule has 5 nitrogen and oxygen atoms in total. The van der Waals surface area contributed by atoms with Gasteiger partial charge in [-0.25, -0.2) is 4.79 Å². The van der Waals surface area contributed by atoms with Crippen LogP contribution in [-0.4, -0.2) is 24.6 Å². The summed E-state index contributed by atoms with van der Waals surface area (Å²) < 4.78 is 10.6. The first kappa shape index (κ1) is 20.5. The van der Waals surface area contributed by atoms with E-state index in [1.165, 1.54) is 0 Å². The first-order valence-corrected chi connectivity index (χ1v) is 9.10. The number of carbonyl (C=O) groups is 2. The van der Waals surface area contributed by atoms with E-state index in [9.17, 15) is 9.59 Å². The zero-order valence-electron chi connectivity index (χ0n) is 16.6. The quantitative estimate of drug-likeness (QED) is 0.746. The molecule has 0 radical (unpaired) electrons. The van der Waals surface area contributed by atoms with Gasteiger partial charge in [-0.2, -0.15) is 0 Å². The number of para-hydroxylation sites is 1. The average molecular weight is 369 g/mol. The van der Waals surface area contributed by atoms with Crippen molar-refractivity contribution in [3.63, 3.8) is 0 Å². The van der Waals surface area contributed by atoms with Crippen LogP contribution in [-0.2, 0) is 20.7 Å². The zero-order valence-corrected chi connectivity index (χ0v) is 16.6. The van der Waals surface area contributed by atoms with Crippen LogP contribution in [0.3, 0.4) is 0 Å². The Balaban J connectivity index is 1.90. The number of esters is 1. The molecule has 2 rings (SSSR count). The molecule has 0 unspecified atom stereocenters. The Hall–Kier alpha value is -2.82. The topological polar surface area (TPSA) is 64.6 Å². The molecule has 5 heteroatoms. The number of nitrogens with one attached hydrogen (secondary N) is 1. The molecule has 0 aliphatic rings. The summed E-state index contributed by atoms with van der Waals surface area (Å²) in [5.41, 5.74) is 5.02. The Labute approximate surface area is 160 Å². The van der Waals surface area contributed by atoms with Crippen molar-refractivity contribution in [1.29, 1.82) is 0 Å². The highest BCUT2D eigenvalue weighted by Crippen LogP contribution is 2.21. The Kier molecular flexibility index (Phi) is 6.99. The summed E-state index contributed by atoms with van der Waals surface area (Å²) in [6.45, 7) is 9.24. The lowest BCUT2D eigenvalue weighted by Gasteiger charge is -2.17. The smallest absolute Gasteiger partial charge is 0.344 e. The molecule has 2 aromatic rings. The molecule has 144 valence electrons. The summed E-state index contributed by atoms with van der Waals surface area (Å²) in [5, 5.41) is 2.87. The number of aryl methyl sites for hydroxylation is 4. The summed E-state index contributed by atoms with van der Waals surface area (Å²) in [4.78, 5) is 24.4. The third-order valence-corrected chi connectivity index (χ3v) is 4.50. The van der Waals surface area contributed by atoms with Crippen molar-refractivity contribution in [3.05, 3.63) is 58.7 Å². The number of hydrogen-bond acceptors (Lipinski definition) is 4. The van der Waals surface area contributed by atoms with Crippen LogP contribution < -0.4 is 10.1 Å². The van der Waals surface area contributed by atoms with Gasteiger partial charge >= 0.3 is 5.97 Å². The zero-order chi connectivity index (χ0) is 20.0. The molecular weight excluding hydrogens is 342 g/mol. The minimum absolute atomic E-state index is 0.245. The number of hydrogen-bond donors (Lipinski definition) is 1. The van der Waals surface area contributed by atoms with E-state index in [0.29, 0.717) is 5.75 Å². The van der Waals surface area contributed by atoms with Gasteiger partial charge in [-0.05, 0) is 68.5 Å². The van der Waals surface area contributed by atoms with Crippen LogP contribution in [0.25, 0.3) is 0 Å². The molecule has 0 aromatic heterocycles. The van der Waals surface area contributed by atoms with Gasteiger partial charge in [0.1, 0.15) is 5.75 Å². The van der Waals surface area contributed by atoms with E-state index < -0.39 is 12.1 Å². The van der Waals surface area contributed by atoms with Crippen molar-refractivity contribution in [1.82, 2.24) is 0 Å². The van der Waals surface area contributed by atoms with Crippen LogP contribution in [0.4, 0.5) is 5.69 Å². The van der Waals surface area contributed by atoms with Crippen molar-refractivity contribution in [2.45, 2.75) is 47.1 Å². The SMILES string of the molecule is CCc1cccc(C)c1NC(=O)[C@@H](C)OC(=O)COc1ccc(C)c(C)c1. The lowest BCUT2D eigenvalue weighted by Crippen LogP contribution is -2.32. The second-order valence-corrected chi connectivity index (χ2v) is 6.62. The van der Waals surface area contributed by atoms with E-state index in [1.807, 2.05) is 58.0 Å². The molecule has 0 aliphatic heterocycles. The Morgan fingerprint density at radius 3 is 2.44 bits per heavy atom. The molecule has 0 heterocycles. The Morgan fingerprint density at radius 1 is 1.04 bits per heavy atom. The van der Waals surface area contributed by atoms with E-state index in [1.54, 1.807) is 13.0 Å². The van der Waals surface area contributed by atoms with E-state index in [0.717, 1.165) is 34.4 Å². The van der Waals surface area contributed by atoms with Crippen LogP contribution in [0.15, 0.2) is 36.4 Å². The molecular formula is C22H27NO4. The molecule has 0 aliphatic carbocycles. The second kappa shape index (κ2) is 9.21.